The maximum absolute atomic E-state index is 6.12. The lowest BCUT2D eigenvalue weighted by molar-refractivity contribution is -0.124. The van der Waals surface area contributed by atoms with Crippen molar-refractivity contribution >= 4 is 0 Å². The normalized spacial score (nSPS) is 56.1. The minimum atomic E-state index is -0.102. The van der Waals surface area contributed by atoms with E-state index in [9.17, 15) is 0 Å². The van der Waals surface area contributed by atoms with Crippen LogP contribution >= 0.6 is 0 Å². The van der Waals surface area contributed by atoms with Crippen LogP contribution in [0.5, 0.6) is 0 Å². The Labute approximate surface area is 172 Å². The van der Waals surface area contributed by atoms with Gasteiger partial charge >= 0.3 is 0 Å². The van der Waals surface area contributed by atoms with E-state index in [4.69, 9.17) is 33.2 Å². The first-order chi connectivity index (χ1) is 14.0. The quantitative estimate of drug-likeness (QED) is 0.623. The Morgan fingerprint density at radius 2 is 1.24 bits per heavy atom. The van der Waals surface area contributed by atoms with Gasteiger partial charge in [0.2, 0.25) is 0 Å². The van der Waals surface area contributed by atoms with Gasteiger partial charge in [0.25, 0.3) is 0 Å². The van der Waals surface area contributed by atoms with E-state index in [2.05, 4.69) is 13.8 Å². The van der Waals surface area contributed by atoms with Gasteiger partial charge in [0.05, 0.1) is 49.8 Å². The van der Waals surface area contributed by atoms with Crippen LogP contribution in [0.1, 0.15) is 52.4 Å². The number of hydrogen-bond acceptors (Lipinski definition) is 7. The Morgan fingerprint density at radius 3 is 1.69 bits per heavy atom. The molecule has 0 aromatic heterocycles. The third-order valence-electron chi connectivity index (χ3n) is 8.05. The minimum absolute atomic E-state index is 0.00888. The summed E-state index contributed by atoms with van der Waals surface area (Å²) in [7, 11) is 0. The van der Waals surface area contributed by atoms with Gasteiger partial charge < -0.3 is 33.2 Å². The molecular formula is C22H34O7. The molecule has 4 heterocycles. The molecule has 2 saturated carbocycles. The van der Waals surface area contributed by atoms with E-state index < -0.39 is 0 Å². The van der Waals surface area contributed by atoms with E-state index in [0.717, 1.165) is 38.5 Å². The standard InChI is InChI=1S/C22H34O7/c1-21-5-3-13(7-17(21)28-21)19-24-11-15(26-19)9-23-10-16-12-25-20(27-16)14-4-6-22(2)18(8-14)29-22/h13-20H,3-12H2,1-2H3. The molecule has 10 atom stereocenters. The molecule has 6 fully saturated rings. The lowest BCUT2D eigenvalue weighted by Crippen LogP contribution is -2.32. The maximum Gasteiger partial charge on any atom is 0.161 e. The lowest BCUT2D eigenvalue weighted by Gasteiger charge is -2.26. The highest BCUT2D eigenvalue weighted by Crippen LogP contribution is 2.51. The summed E-state index contributed by atoms with van der Waals surface area (Å²) in [4.78, 5) is 0. The topological polar surface area (TPSA) is 71.2 Å². The molecule has 4 saturated heterocycles. The molecule has 7 heteroatoms. The van der Waals surface area contributed by atoms with Crippen LogP contribution in [-0.2, 0) is 33.2 Å². The van der Waals surface area contributed by atoms with Crippen LogP contribution in [0.15, 0.2) is 0 Å². The van der Waals surface area contributed by atoms with Crippen molar-refractivity contribution in [3.63, 3.8) is 0 Å². The zero-order chi connectivity index (χ0) is 19.6. The summed E-state index contributed by atoms with van der Waals surface area (Å²) in [5.74, 6) is 0.890. The molecule has 0 N–H and O–H groups in total. The predicted octanol–water partition coefficient (Wildman–Crippen LogP) is 2.40. The Hall–Kier alpha value is -0.280. The summed E-state index contributed by atoms with van der Waals surface area (Å²) in [5.41, 5.74) is 0.281. The van der Waals surface area contributed by atoms with E-state index in [1.807, 2.05) is 0 Å². The summed E-state index contributed by atoms with van der Waals surface area (Å²) in [6.07, 6.45) is 7.18. The molecule has 10 unspecified atom stereocenters. The third kappa shape index (κ3) is 3.77. The van der Waals surface area contributed by atoms with Gasteiger partial charge in [-0.2, -0.15) is 0 Å². The van der Waals surface area contributed by atoms with Gasteiger partial charge in [-0.3, -0.25) is 0 Å². The molecule has 0 bridgehead atoms. The molecule has 2 aliphatic carbocycles. The molecule has 0 aromatic carbocycles. The van der Waals surface area contributed by atoms with Crippen LogP contribution in [0.2, 0.25) is 0 Å². The van der Waals surface area contributed by atoms with Crippen LogP contribution in [0, 0.1) is 11.8 Å². The van der Waals surface area contributed by atoms with E-state index in [1.54, 1.807) is 0 Å². The molecule has 7 nitrogen and oxygen atoms in total. The van der Waals surface area contributed by atoms with Crippen LogP contribution in [0.25, 0.3) is 0 Å². The number of rotatable bonds is 6. The van der Waals surface area contributed by atoms with Crippen molar-refractivity contribution < 1.29 is 33.2 Å². The maximum atomic E-state index is 6.12. The summed E-state index contributed by atoms with van der Waals surface area (Å²) < 4.78 is 41.6. The summed E-state index contributed by atoms with van der Waals surface area (Å²) in [6, 6.07) is 0. The van der Waals surface area contributed by atoms with Crippen LogP contribution < -0.4 is 0 Å². The minimum Gasteiger partial charge on any atom is -0.376 e. The largest absolute Gasteiger partial charge is 0.376 e. The van der Waals surface area contributed by atoms with Gasteiger partial charge in [-0.15, -0.1) is 0 Å². The van der Waals surface area contributed by atoms with Gasteiger partial charge in [-0.25, -0.2) is 0 Å². The van der Waals surface area contributed by atoms with Crippen LogP contribution in [0.4, 0.5) is 0 Å². The van der Waals surface area contributed by atoms with Gasteiger partial charge in [0.15, 0.2) is 12.6 Å². The fraction of sp³-hybridized carbons (Fsp3) is 1.00. The molecule has 4 aliphatic heterocycles. The Balaban J connectivity index is 0.891. The smallest absolute Gasteiger partial charge is 0.161 e. The number of ether oxygens (including phenoxy) is 7. The second-order valence-electron chi connectivity index (χ2n) is 10.4. The first-order valence-electron chi connectivity index (χ1n) is 11.5. The monoisotopic (exact) mass is 410 g/mol. The average Bonchev–Trinajstić information content (AvgIpc) is 3.36. The Kier molecular flexibility index (Phi) is 4.77. The van der Waals surface area contributed by atoms with Crippen molar-refractivity contribution in [3.8, 4) is 0 Å². The number of epoxide rings is 2. The van der Waals surface area contributed by atoms with E-state index >= 15 is 0 Å². The van der Waals surface area contributed by atoms with Crippen molar-refractivity contribution in [2.75, 3.05) is 26.4 Å². The number of fused-ring (bicyclic) bond motifs is 2. The Bertz CT molecular complexity index is 578. The zero-order valence-corrected chi connectivity index (χ0v) is 17.5. The van der Waals surface area contributed by atoms with E-state index in [1.165, 1.54) is 0 Å². The van der Waals surface area contributed by atoms with Gasteiger partial charge in [0, 0.05) is 11.8 Å². The molecular weight excluding hydrogens is 376 g/mol. The van der Waals surface area contributed by atoms with E-state index in [0.29, 0.717) is 50.5 Å². The van der Waals surface area contributed by atoms with Crippen molar-refractivity contribution in [1.29, 1.82) is 0 Å². The van der Waals surface area contributed by atoms with Crippen LogP contribution in [-0.4, -0.2) is 74.6 Å². The first-order valence-corrected chi connectivity index (χ1v) is 11.5. The van der Waals surface area contributed by atoms with Crippen molar-refractivity contribution in [3.05, 3.63) is 0 Å². The fourth-order valence-electron chi connectivity index (χ4n) is 5.78. The molecule has 0 radical (unpaired) electrons. The predicted molar refractivity (Wildman–Crippen MR) is 101 cm³/mol. The Morgan fingerprint density at radius 1 is 0.759 bits per heavy atom. The highest BCUT2D eigenvalue weighted by molar-refractivity contribution is 5.05. The summed E-state index contributed by atoms with van der Waals surface area (Å²) in [6.45, 7) is 6.73. The molecule has 6 aliphatic rings. The average molecular weight is 411 g/mol. The molecule has 6 rings (SSSR count). The molecule has 29 heavy (non-hydrogen) atoms. The second kappa shape index (κ2) is 7.12. The highest BCUT2D eigenvalue weighted by Gasteiger charge is 2.58. The van der Waals surface area contributed by atoms with Crippen molar-refractivity contribution in [2.24, 2.45) is 11.8 Å². The van der Waals surface area contributed by atoms with Crippen molar-refractivity contribution in [1.82, 2.24) is 0 Å². The SMILES string of the molecule is CC12CCC(C3OCC(COCC4COC(C5CCC6(C)OC6C5)O4)O3)CC1O2. The zero-order valence-electron chi connectivity index (χ0n) is 17.5. The first kappa shape index (κ1) is 19.4. The summed E-state index contributed by atoms with van der Waals surface area (Å²) >= 11 is 0. The van der Waals surface area contributed by atoms with Gasteiger partial charge in [-0.05, 0) is 52.4 Å². The number of hydrogen-bond donors (Lipinski definition) is 0. The molecule has 164 valence electrons. The summed E-state index contributed by atoms with van der Waals surface area (Å²) in [5, 5.41) is 0. The fourth-order valence-corrected chi connectivity index (χ4v) is 5.78. The second-order valence-corrected chi connectivity index (χ2v) is 10.4. The van der Waals surface area contributed by atoms with Gasteiger partial charge in [-0.1, -0.05) is 0 Å². The molecule has 0 amide bonds. The van der Waals surface area contributed by atoms with E-state index in [-0.39, 0.29) is 36.0 Å². The molecule has 0 spiro atoms. The van der Waals surface area contributed by atoms with Gasteiger partial charge in [0.1, 0.15) is 12.2 Å². The van der Waals surface area contributed by atoms with Crippen LogP contribution in [0.3, 0.4) is 0 Å². The highest BCUT2D eigenvalue weighted by atomic mass is 16.7. The molecule has 0 aromatic rings. The lowest BCUT2D eigenvalue weighted by atomic mass is 9.82. The third-order valence-corrected chi connectivity index (χ3v) is 8.05. The van der Waals surface area contributed by atoms with Crippen molar-refractivity contribution in [2.45, 2.75) is 101 Å².